The van der Waals surface area contributed by atoms with Crippen LogP contribution in [-0.2, 0) is 6.54 Å². The Balaban J connectivity index is 0.836. The molecule has 3 nitrogen and oxygen atoms in total. The zero-order valence-electron chi connectivity index (χ0n) is 30.9. The molecule has 2 fully saturated rings. The fraction of sp³-hybridized carbons (Fsp3) is 0.667. The van der Waals surface area contributed by atoms with E-state index in [1.165, 1.54) is 153 Å². The van der Waals surface area contributed by atoms with Crippen LogP contribution < -0.4 is 9.30 Å². The maximum atomic E-state index is 6.07. The van der Waals surface area contributed by atoms with Gasteiger partial charge >= 0.3 is 0 Å². The number of aromatic nitrogens is 2. The van der Waals surface area contributed by atoms with Crippen LogP contribution in [0.4, 0.5) is 0 Å². The Kier molecular flexibility index (Phi) is 15.9. The first-order valence-corrected chi connectivity index (χ1v) is 20.6. The number of ether oxygens (including phenoxy) is 1. The van der Waals surface area contributed by atoms with Gasteiger partial charge in [0.2, 0.25) is 6.33 Å². The Morgan fingerprint density at radius 2 is 1.06 bits per heavy atom. The van der Waals surface area contributed by atoms with Gasteiger partial charge in [0, 0.05) is 0 Å². The summed E-state index contributed by atoms with van der Waals surface area (Å²) >= 11 is 0. The summed E-state index contributed by atoms with van der Waals surface area (Å²) in [5.41, 5.74) is 4.35. The van der Waals surface area contributed by atoms with E-state index >= 15 is 0 Å². The van der Waals surface area contributed by atoms with E-state index < -0.39 is 0 Å². The van der Waals surface area contributed by atoms with E-state index in [0.717, 1.165) is 42.6 Å². The van der Waals surface area contributed by atoms with Gasteiger partial charge in [-0.05, 0) is 130 Å². The van der Waals surface area contributed by atoms with Crippen LogP contribution in [-0.4, -0.2) is 11.2 Å². The van der Waals surface area contributed by atoms with Gasteiger partial charge in [0.25, 0.3) is 0 Å². The average molecular weight is 654 g/mol. The lowest BCUT2D eigenvalue weighted by atomic mass is 9.77. The van der Waals surface area contributed by atoms with Crippen molar-refractivity contribution in [2.45, 2.75) is 173 Å². The second-order valence-electron chi connectivity index (χ2n) is 15.6. The predicted molar refractivity (Wildman–Crippen MR) is 203 cm³/mol. The SMILES string of the molecule is CCCC1CCC(c2ccc(OCCCCCCCCCCCC[n+]3ccn(-c4ccc(C5CCC(CCC)CC5)cc4)c3)cc2)CC1. The molecule has 0 atom stereocenters. The minimum Gasteiger partial charge on any atom is -0.494 e. The molecule has 0 unspecified atom stereocenters. The van der Waals surface area contributed by atoms with Crippen LogP contribution in [0.3, 0.4) is 0 Å². The smallest absolute Gasteiger partial charge is 0.248 e. The van der Waals surface area contributed by atoms with Crippen LogP contribution in [0.2, 0.25) is 0 Å². The second-order valence-corrected chi connectivity index (χ2v) is 15.6. The Bertz CT molecular complexity index is 1240. The standard InChI is InChI=1S/C45H69N2O/c1-3-15-38-17-21-40(22-18-38)42-25-29-44(30-26-42)47-35-34-46(37-47)33-13-11-9-7-5-6-8-10-12-14-36-48-45-31-27-43(28-32-45)41-23-19-39(16-4-2)20-24-41/h25-32,34-35,37-41H,3-24,33,36H2,1-2H3/q+1. The molecule has 48 heavy (non-hydrogen) atoms. The normalized spacial score (nSPS) is 21.4. The zero-order chi connectivity index (χ0) is 33.2. The maximum absolute atomic E-state index is 6.07. The number of imidazole rings is 1. The third-order valence-electron chi connectivity index (χ3n) is 11.9. The molecule has 0 saturated heterocycles. The van der Waals surface area contributed by atoms with Gasteiger partial charge in [-0.25, -0.2) is 9.13 Å². The van der Waals surface area contributed by atoms with Crippen LogP contribution >= 0.6 is 0 Å². The molecule has 5 rings (SSSR count). The highest BCUT2D eigenvalue weighted by Gasteiger charge is 2.23. The molecule has 1 aromatic heterocycles. The zero-order valence-corrected chi connectivity index (χ0v) is 30.9. The molecular formula is C45H69N2O+. The number of nitrogens with zero attached hydrogens (tertiary/aromatic N) is 2. The molecule has 1 heterocycles. The van der Waals surface area contributed by atoms with E-state index in [1.807, 2.05) is 0 Å². The number of benzene rings is 2. The average Bonchev–Trinajstić information content (AvgIpc) is 3.61. The number of rotatable bonds is 21. The summed E-state index contributed by atoms with van der Waals surface area (Å²) in [5.74, 6) is 4.54. The van der Waals surface area contributed by atoms with Crippen molar-refractivity contribution in [3.8, 4) is 11.4 Å². The molecule has 3 aromatic rings. The topological polar surface area (TPSA) is 18.0 Å². The molecule has 0 radical (unpaired) electrons. The summed E-state index contributed by atoms with van der Waals surface area (Å²) in [6, 6.07) is 18.5. The number of hydrogen-bond acceptors (Lipinski definition) is 1. The van der Waals surface area contributed by atoms with Gasteiger partial charge in [0.15, 0.2) is 0 Å². The second kappa shape index (κ2) is 20.8. The van der Waals surface area contributed by atoms with Crippen molar-refractivity contribution in [2.24, 2.45) is 11.8 Å². The molecule has 2 aliphatic rings. The molecule has 0 N–H and O–H groups in total. The maximum Gasteiger partial charge on any atom is 0.248 e. The largest absolute Gasteiger partial charge is 0.494 e. The van der Waals surface area contributed by atoms with E-state index in [1.54, 1.807) is 5.56 Å². The van der Waals surface area contributed by atoms with E-state index in [2.05, 4.69) is 90.2 Å². The highest BCUT2D eigenvalue weighted by Crippen LogP contribution is 2.39. The van der Waals surface area contributed by atoms with Crippen molar-refractivity contribution in [3.63, 3.8) is 0 Å². The first-order valence-electron chi connectivity index (χ1n) is 20.6. The monoisotopic (exact) mass is 654 g/mol. The van der Waals surface area contributed by atoms with Crippen LogP contribution in [0.5, 0.6) is 5.75 Å². The number of hydrogen-bond donors (Lipinski definition) is 0. The fourth-order valence-electron chi connectivity index (χ4n) is 8.82. The molecule has 2 aliphatic carbocycles. The quantitative estimate of drug-likeness (QED) is 0.0826. The molecule has 264 valence electrons. The lowest BCUT2D eigenvalue weighted by Crippen LogP contribution is -2.30. The van der Waals surface area contributed by atoms with Gasteiger partial charge in [-0.2, -0.15) is 0 Å². The molecule has 0 spiro atoms. The van der Waals surface area contributed by atoms with Crippen LogP contribution in [0.25, 0.3) is 5.69 Å². The van der Waals surface area contributed by atoms with Crippen molar-refractivity contribution >= 4 is 0 Å². The summed E-state index contributed by atoms with van der Waals surface area (Å²) in [5, 5.41) is 0. The van der Waals surface area contributed by atoms with Crippen LogP contribution in [0.15, 0.2) is 67.3 Å². The minimum absolute atomic E-state index is 0.767. The minimum atomic E-state index is 0.767. The number of unbranched alkanes of at least 4 members (excludes halogenated alkanes) is 9. The summed E-state index contributed by atoms with van der Waals surface area (Å²) in [6.45, 7) is 6.63. The Morgan fingerprint density at radius 3 is 1.58 bits per heavy atom. The predicted octanol–water partition coefficient (Wildman–Crippen LogP) is 12.9. The lowest BCUT2D eigenvalue weighted by molar-refractivity contribution is -0.696. The van der Waals surface area contributed by atoms with E-state index in [0.29, 0.717) is 0 Å². The summed E-state index contributed by atoms with van der Waals surface area (Å²) in [4.78, 5) is 0. The van der Waals surface area contributed by atoms with E-state index in [9.17, 15) is 0 Å². The molecule has 0 amide bonds. The number of aryl methyl sites for hydroxylation is 1. The first kappa shape index (κ1) is 36.7. The van der Waals surface area contributed by atoms with Crippen molar-refractivity contribution in [2.75, 3.05) is 6.61 Å². The fourth-order valence-corrected chi connectivity index (χ4v) is 8.82. The van der Waals surface area contributed by atoms with Gasteiger partial charge in [-0.3, -0.25) is 0 Å². The lowest BCUT2D eigenvalue weighted by Gasteiger charge is -2.28. The summed E-state index contributed by atoms with van der Waals surface area (Å²) in [7, 11) is 0. The van der Waals surface area contributed by atoms with Crippen molar-refractivity contribution < 1.29 is 9.30 Å². The highest BCUT2D eigenvalue weighted by atomic mass is 16.5. The molecular weight excluding hydrogens is 585 g/mol. The van der Waals surface area contributed by atoms with Gasteiger partial charge in [-0.15, -0.1) is 0 Å². The van der Waals surface area contributed by atoms with Gasteiger partial charge in [0.05, 0.1) is 13.2 Å². The Morgan fingerprint density at radius 1 is 0.583 bits per heavy atom. The van der Waals surface area contributed by atoms with Crippen molar-refractivity contribution in [3.05, 3.63) is 78.4 Å². The third-order valence-corrected chi connectivity index (χ3v) is 11.9. The first-order chi connectivity index (χ1) is 23.7. The molecule has 2 saturated carbocycles. The van der Waals surface area contributed by atoms with Crippen LogP contribution in [0.1, 0.15) is 178 Å². The summed E-state index contributed by atoms with van der Waals surface area (Å²) < 4.78 is 10.7. The molecule has 3 heteroatoms. The van der Waals surface area contributed by atoms with Crippen LogP contribution in [0, 0.1) is 11.8 Å². The Labute approximate surface area is 294 Å². The molecule has 0 bridgehead atoms. The molecule has 2 aromatic carbocycles. The highest BCUT2D eigenvalue weighted by molar-refractivity contribution is 5.35. The van der Waals surface area contributed by atoms with Crippen molar-refractivity contribution in [1.29, 1.82) is 0 Å². The molecule has 0 aliphatic heterocycles. The van der Waals surface area contributed by atoms with Gasteiger partial charge < -0.3 is 4.74 Å². The van der Waals surface area contributed by atoms with E-state index in [-0.39, 0.29) is 0 Å². The van der Waals surface area contributed by atoms with Gasteiger partial charge in [-0.1, -0.05) is 109 Å². The van der Waals surface area contributed by atoms with Gasteiger partial charge in [0.1, 0.15) is 23.8 Å². The van der Waals surface area contributed by atoms with E-state index in [4.69, 9.17) is 4.74 Å². The van der Waals surface area contributed by atoms with Crippen molar-refractivity contribution in [1.82, 2.24) is 4.57 Å². The Hall–Kier alpha value is -2.55. The summed E-state index contributed by atoms with van der Waals surface area (Å²) in [6.07, 6.45) is 36.8. The third kappa shape index (κ3) is 12.1.